The molecule has 1 saturated heterocycles. The molecule has 6 heteroatoms. The number of hydrogen-bond acceptors (Lipinski definition) is 5. The monoisotopic (exact) mass is 288 g/mol. The molecule has 1 aromatic heterocycles. The van der Waals surface area contributed by atoms with Crippen LogP contribution in [0.25, 0.3) is 0 Å². The molecule has 1 fully saturated rings. The van der Waals surface area contributed by atoms with Crippen LogP contribution in [0.1, 0.15) is 18.0 Å². The van der Waals surface area contributed by atoms with E-state index in [0.29, 0.717) is 12.8 Å². The zero-order valence-corrected chi connectivity index (χ0v) is 13.1. The Bertz CT molecular complexity index is 453. The molecule has 1 aliphatic rings. The van der Waals surface area contributed by atoms with Crippen molar-refractivity contribution in [1.82, 2.24) is 9.80 Å². The van der Waals surface area contributed by atoms with E-state index < -0.39 is 7.37 Å². The summed E-state index contributed by atoms with van der Waals surface area (Å²) in [5.41, 5.74) is 0. The average molecular weight is 288 g/mol. The van der Waals surface area contributed by atoms with E-state index in [1.807, 2.05) is 13.0 Å². The maximum Gasteiger partial charge on any atom is 0.238 e. The minimum absolute atomic E-state index is 0.311. The second-order valence-electron chi connectivity index (χ2n) is 4.77. The Kier molecular flexibility index (Phi) is 4.29. The number of likely N-dealkylation sites (N-methyl/N-ethyl adjacent to an activating group) is 2. The predicted octanol–water partition coefficient (Wildman–Crippen LogP) is 2.19. The first kappa shape index (κ1) is 14.2. The van der Waals surface area contributed by atoms with Crippen LogP contribution in [-0.2, 0) is 9.09 Å². The molecule has 2 rings (SSSR count). The third kappa shape index (κ3) is 2.70. The molecule has 0 amide bonds. The van der Waals surface area contributed by atoms with Gasteiger partial charge in [0.2, 0.25) is 7.37 Å². The first-order chi connectivity index (χ1) is 8.45. The summed E-state index contributed by atoms with van der Waals surface area (Å²) >= 11 is 1.61. The quantitative estimate of drug-likeness (QED) is 0.795. The van der Waals surface area contributed by atoms with Gasteiger partial charge < -0.3 is 4.52 Å². The van der Waals surface area contributed by atoms with Crippen LogP contribution < -0.4 is 4.62 Å². The SMILES string of the molecule is CCOP(C)(=O)c1ccc(C2N(C)CCN2C)s1. The number of nitrogens with zero attached hydrogens (tertiary/aromatic N) is 2. The molecule has 0 aromatic carbocycles. The molecule has 18 heavy (non-hydrogen) atoms. The second-order valence-corrected chi connectivity index (χ2v) is 8.62. The Balaban J connectivity index is 2.23. The molecule has 0 N–H and O–H groups in total. The van der Waals surface area contributed by atoms with Crippen LogP contribution >= 0.6 is 18.7 Å². The van der Waals surface area contributed by atoms with Crippen molar-refractivity contribution >= 4 is 23.3 Å². The standard InChI is InChI=1S/C12H21N2O2PS/c1-5-16-17(4,15)11-7-6-10(18-11)12-13(2)8-9-14(12)3/h6-7,12H,5,8-9H2,1-4H3. The van der Waals surface area contributed by atoms with Gasteiger partial charge in [-0.25, -0.2) is 0 Å². The van der Waals surface area contributed by atoms with E-state index >= 15 is 0 Å². The van der Waals surface area contributed by atoms with Gasteiger partial charge in [0.05, 0.1) is 17.4 Å². The summed E-state index contributed by atoms with van der Waals surface area (Å²) < 4.78 is 18.6. The van der Waals surface area contributed by atoms with Crippen LogP contribution in [0.4, 0.5) is 0 Å². The summed E-state index contributed by atoms with van der Waals surface area (Å²) in [5, 5.41) is 0. The van der Waals surface area contributed by atoms with E-state index in [1.54, 1.807) is 18.0 Å². The lowest BCUT2D eigenvalue weighted by atomic mass is 10.3. The van der Waals surface area contributed by atoms with Crippen molar-refractivity contribution in [3.63, 3.8) is 0 Å². The molecule has 0 spiro atoms. The largest absolute Gasteiger partial charge is 0.325 e. The van der Waals surface area contributed by atoms with Crippen LogP contribution in [0.5, 0.6) is 0 Å². The smallest absolute Gasteiger partial charge is 0.238 e. The maximum atomic E-state index is 12.4. The normalized spacial score (nSPS) is 22.4. The van der Waals surface area contributed by atoms with Crippen molar-refractivity contribution in [2.75, 3.05) is 40.5 Å². The molecule has 2 heterocycles. The highest BCUT2D eigenvalue weighted by Gasteiger charge is 2.30. The van der Waals surface area contributed by atoms with E-state index in [2.05, 4.69) is 30.0 Å². The van der Waals surface area contributed by atoms with E-state index in [9.17, 15) is 4.57 Å². The highest BCUT2D eigenvalue weighted by Crippen LogP contribution is 2.44. The van der Waals surface area contributed by atoms with Crippen molar-refractivity contribution < 1.29 is 9.09 Å². The minimum atomic E-state index is -2.62. The van der Waals surface area contributed by atoms with Gasteiger partial charge in [-0.2, -0.15) is 0 Å². The number of hydrogen-bond donors (Lipinski definition) is 0. The molecule has 0 aliphatic carbocycles. The van der Waals surface area contributed by atoms with Gasteiger partial charge in [-0.15, -0.1) is 11.3 Å². The predicted molar refractivity (Wildman–Crippen MR) is 77.1 cm³/mol. The van der Waals surface area contributed by atoms with Crippen LogP contribution in [0.15, 0.2) is 12.1 Å². The molecule has 1 unspecified atom stereocenters. The fourth-order valence-corrected chi connectivity index (χ4v) is 5.42. The summed E-state index contributed by atoms with van der Waals surface area (Å²) in [5.74, 6) is 0. The number of thiophene rings is 1. The first-order valence-corrected chi connectivity index (χ1v) is 9.07. The van der Waals surface area contributed by atoms with Gasteiger partial charge in [0.25, 0.3) is 0 Å². The van der Waals surface area contributed by atoms with Crippen molar-refractivity contribution in [2.24, 2.45) is 0 Å². The third-order valence-corrected chi connectivity index (χ3v) is 7.18. The minimum Gasteiger partial charge on any atom is -0.325 e. The van der Waals surface area contributed by atoms with Gasteiger partial charge in [-0.1, -0.05) is 0 Å². The Morgan fingerprint density at radius 3 is 2.56 bits per heavy atom. The Morgan fingerprint density at radius 2 is 2.00 bits per heavy atom. The summed E-state index contributed by atoms with van der Waals surface area (Å²) in [7, 11) is 1.63. The lowest BCUT2D eigenvalue weighted by molar-refractivity contribution is 0.195. The molecule has 102 valence electrons. The Hall–Kier alpha value is -0.190. The van der Waals surface area contributed by atoms with Gasteiger partial charge in [0.1, 0.15) is 0 Å². The van der Waals surface area contributed by atoms with E-state index in [0.717, 1.165) is 17.7 Å². The fraction of sp³-hybridized carbons (Fsp3) is 0.667. The zero-order chi connectivity index (χ0) is 13.3. The van der Waals surface area contributed by atoms with Gasteiger partial charge in [0, 0.05) is 24.6 Å². The van der Waals surface area contributed by atoms with E-state index in [-0.39, 0.29) is 0 Å². The molecular formula is C12H21N2O2PS. The molecular weight excluding hydrogens is 267 g/mol. The summed E-state index contributed by atoms with van der Waals surface area (Å²) in [6, 6.07) is 4.04. The van der Waals surface area contributed by atoms with Crippen LogP contribution in [-0.4, -0.2) is 50.3 Å². The van der Waals surface area contributed by atoms with Gasteiger partial charge in [0.15, 0.2) is 0 Å². The first-order valence-electron chi connectivity index (χ1n) is 6.18. The van der Waals surface area contributed by atoms with Crippen molar-refractivity contribution in [2.45, 2.75) is 13.1 Å². The van der Waals surface area contributed by atoms with Gasteiger partial charge in [-0.05, 0) is 33.2 Å². The van der Waals surface area contributed by atoms with Crippen molar-refractivity contribution in [3.05, 3.63) is 17.0 Å². The molecule has 0 radical (unpaired) electrons. The lowest BCUT2D eigenvalue weighted by Crippen LogP contribution is -2.24. The molecule has 0 bridgehead atoms. The third-order valence-electron chi connectivity index (χ3n) is 3.28. The maximum absolute atomic E-state index is 12.4. The Morgan fingerprint density at radius 1 is 1.39 bits per heavy atom. The average Bonchev–Trinajstić information content (AvgIpc) is 2.86. The van der Waals surface area contributed by atoms with E-state index in [4.69, 9.17) is 4.52 Å². The molecule has 0 saturated carbocycles. The fourth-order valence-electron chi connectivity index (χ4n) is 2.34. The highest BCUT2D eigenvalue weighted by atomic mass is 32.1. The second kappa shape index (κ2) is 5.43. The van der Waals surface area contributed by atoms with Crippen molar-refractivity contribution in [1.29, 1.82) is 0 Å². The van der Waals surface area contributed by atoms with Crippen LogP contribution in [0, 0.1) is 0 Å². The lowest BCUT2D eigenvalue weighted by Gasteiger charge is -2.23. The zero-order valence-electron chi connectivity index (χ0n) is 11.4. The van der Waals surface area contributed by atoms with E-state index in [1.165, 1.54) is 4.88 Å². The number of rotatable bonds is 4. The topological polar surface area (TPSA) is 32.8 Å². The highest BCUT2D eigenvalue weighted by molar-refractivity contribution is 7.72. The van der Waals surface area contributed by atoms with Crippen LogP contribution in [0.2, 0.25) is 0 Å². The van der Waals surface area contributed by atoms with Crippen LogP contribution in [0.3, 0.4) is 0 Å². The van der Waals surface area contributed by atoms with Gasteiger partial charge >= 0.3 is 0 Å². The van der Waals surface area contributed by atoms with Crippen molar-refractivity contribution in [3.8, 4) is 0 Å². The molecule has 4 nitrogen and oxygen atoms in total. The van der Waals surface area contributed by atoms with Gasteiger partial charge in [-0.3, -0.25) is 14.4 Å². The summed E-state index contributed by atoms with van der Waals surface area (Å²) in [4.78, 5) is 5.88. The molecule has 1 atom stereocenters. The molecule has 1 aliphatic heterocycles. The summed E-state index contributed by atoms with van der Waals surface area (Å²) in [6.07, 6.45) is 0.311. The summed E-state index contributed by atoms with van der Waals surface area (Å²) in [6.45, 7) is 6.22. The Labute approximate surface area is 113 Å². The molecule has 1 aromatic rings.